The summed E-state index contributed by atoms with van der Waals surface area (Å²) < 4.78 is 0. The summed E-state index contributed by atoms with van der Waals surface area (Å²) in [6.45, 7) is 6.88. The second kappa shape index (κ2) is 8.92. The maximum Gasteiger partial charge on any atom is 0.269 e. The van der Waals surface area contributed by atoms with Gasteiger partial charge in [-0.15, -0.1) is 6.58 Å². The van der Waals surface area contributed by atoms with Crippen LogP contribution >= 0.6 is 23.5 Å². The molecule has 0 unspecified atom stereocenters. The molecule has 2 aromatic carbocycles. The number of amides is 1. The van der Waals surface area contributed by atoms with E-state index < -0.39 is 0 Å². The first-order valence-electron chi connectivity index (χ1n) is 9.79. The van der Waals surface area contributed by atoms with Crippen LogP contribution in [-0.2, 0) is 4.79 Å². The van der Waals surface area contributed by atoms with E-state index in [1.807, 2.05) is 38.2 Å². The van der Waals surface area contributed by atoms with Crippen molar-refractivity contribution in [1.82, 2.24) is 4.90 Å². The highest BCUT2D eigenvalue weighted by Gasteiger charge is 2.38. The Morgan fingerprint density at radius 2 is 2.06 bits per heavy atom. The lowest BCUT2D eigenvalue weighted by Gasteiger charge is -2.15. The van der Waals surface area contributed by atoms with E-state index >= 15 is 0 Å². The number of thioether (sulfide) groups is 2. The van der Waals surface area contributed by atoms with Gasteiger partial charge in [0.05, 0.1) is 33.7 Å². The van der Waals surface area contributed by atoms with Gasteiger partial charge in [-0.2, -0.15) is 5.26 Å². The zero-order valence-electron chi connectivity index (χ0n) is 17.3. The van der Waals surface area contributed by atoms with Crippen molar-refractivity contribution in [2.24, 2.45) is 4.99 Å². The molecule has 2 aromatic rings. The number of hydrogen-bond donors (Lipinski definition) is 1. The van der Waals surface area contributed by atoms with Crippen LogP contribution in [-0.4, -0.2) is 36.1 Å². The van der Waals surface area contributed by atoms with Crippen molar-refractivity contribution >= 4 is 51.7 Å². The summed E-state index contributed by atoms with van der Waals surface area (Å²) >= 11 is 2.95. The second-order valence-electron chi connectivity index (χ2n) is 6.84. The molecule has 6 nitrogen and oxygen atoms in total. The molecule has 2 aliphatic heterocycles. The summed E-state index contributed by atoms with van der Waals surface area (Å²) in [4.78, 5) is 23.6. The summed E-state index contributed by atoms with van der Waals surface area (Å²) in [6.07, 6.45) is 1.69. The van der Waals surface area contributed by atoms with Crippen LogP contribution in [0.15, 0.2) is 74.9 Å². The third-order valence-corrected chi connectivity index (χ3v) is 7.25. The molecule has 31 heavy (non-hydrogen) atoms. The average molecular weight is 448 g/mol. The Morgan fingerprint density at radius 3 is 2.77 bits per heavy atom. The van der Waals surface area contributed by atoms with E-state index in [-0.39, 0.29) is 5.91 Å². The van der Waals surface area contributed by atoms with Gasteiger partial charge >= 0.3 is 0 Å². The van der Waals surface area contributed by atoms with Gasteiger partial charge in [0.15, 0.2) is 5.17 Å². The van der Waals surface area contributed by atoms with E-state index in [0.29, 0.717) is 27.9 Å². The van der Waals surface area contributed by atoms with Gasteiger partial charge in [0.1, 0.15) is 4.91 Å². The van der Waals surface area contributed by atoms with Crippen molar-refractivity contribution in [3.05, 3.63) is 70.6 Å². The molecule has 1 amide bonds. The Kier molecular flexibility index (Phi) is 6.07. The van der Waals surface area contributed by atoms with Crippen molar-refractivity contribution in [3.63, 3.8) is 0 Å². The van der Waals surface area contributed by atoms with E-state index in [9.17, 15) is 10.1 Å². The summed E-state index contributed by atoms with van der Waals surface area (Å²) in [5.41, 5.74) is 3.06. The number of anilines is 2. The van der Waals surface area contributed by atoms with E-state index in [4.69, 9.17) is 4.99 Å². The van der Waals surface area contributed by atoms with Crippen LogP contribution < -0.4 is 10.2 Å². The molecule has 2 heterocycles. The molecular weight excluding hydrogens is 426 g/mol. The van der Waals surface area contributed by atoms with Gasteiger partial charge in [-0.1, -0.05) is 30.0 Å². The maximum absolute atomic E-state index is 13.3. The quantitative estimate of drug-likeness (QED) is 0.505. The molecule has 4 rings (SSSR count). The molecule has 8 heteroatoms. The number of para-hydroxylation sites is 1. The fourth-order valence-electron chi connectivity index (χ4n) is 3.35. The lowest BCUT2D eigenvalue weighted by Crippen LogP contribution is -2.29. The summed E-state index contributed by atoms with van der Waals surface area (Å²) in [6, 6.07) is 15.6. The minimum Gasteiger partial charge on any atom is -0.384 e. The molecule has 156 valence electrons. The number of benzene rings is 2. The van der Waals surface area contributed by atoms with Gasteiger partial charge < -0.3 is 10.2 Å². The van der Waals surface area contributed by atoms with Crippen molar-refractivity contribution in [3.8, 4) is 6.07 Å². The Balaban J connectivity index is 1.77. The fourth-order valence-corrected chi connectivity index (χ4v) is 5.69. The molecule has 1 fully saturated rings. The molecule has 0 saturated carbocycles. The first kappa shape index (κ1) is 21.1. The molecule has 0 aromatic heterocycles. The van der Waals surface area contributed by atoms with Gasteiger partial charge in [0.25, 0.3) is 5.91 Å². The molecule has 0 aliphatic carbocycles. The molecule has 2 aliphatic rings. The van der Waals surface area contributed by atoms with Crippen LogP contribution in [0.2, 0.25) is 0 Å². The Morgan fingerprint density at radius 1 is 1.26 bits per heavy atom. The predicted molar refractivity (Wildman–Crippen MR) is 130 cm³/mol. The van der Waals surface area contributed by atoms with Crippen LogP contribution in [0.1, 0.15) is 12.5 Å². The number of hydrogen-bond acceptors (Lipinski definition) is 7. The zero-order chi connectivity index (χ0) is 22.0. The average Bonchev–Trinajstić information content (AvgIpc) is 3.27. The Hall–Kier alpha value is -3.15. The Bertz CT molecular complexity index is 1160. The lowest BCUT2D eigenvalue weighted by molar-refractivity contribution is -0.121. The second-order valence-corrected chi connectivity index (χ2v) is 8.85. The molecule has 1 saturated heterocycles. The third-order valence-electron chi connectivity index (χ3n) is 4.82. The number of rotatable bonds is 5. The van der Waals surface area contributed by atoms with Gasteiger partial charge in [-0.3, -0.25) is 9.69 Å². The van der Waals surface area contributed by atoms with Crippen molar-refractivity contribution in [2.45, 2.75) is 11.8 Å². The smallest absolute Gasteiger partial charge is 0.269 e. The van der Waals surface area contributed by atoms with Gasteiger partial charge in [0, 0.05) is 25.0 Å². The van der Waals surface area contributed by atoms with Crippen LogP contribution in [0.5, 0.6) is 0 Å². The highest BCUT2D eigenvalue weighted by Crippen LogP contribution is 2.50. The van der Waals surface area contributed by atoms with Gasteiger partial charge in [0.2, 0.25) is 0 Å². The van der Waals surface area contributed by atoms with Crippen molar-refractivity contribution in [1.29, 1.82) is 5.26 Å². The van der Waals surface area contributed by atoms with Crippen molar-refractivity contribution < 1.29 is 4.79 Å². The highest BCUT2D eigenvalue weighted by molar-refractivity contribution is 8.19. The first-order chi connectivity index (χ1) is 15.1. The first-order valence-corrected chi connectivity index (χ1v) is 11.4. The summed E-state index contributed by atoms with van der Waals surface area (Å²) in [7, 11) is 1.97. The Labute approximate surface area is 190 Å². The molecule has 0 atom stereocenters. The highest BCUT2D eigenvalue weighted by atomic mass is 32.2. The monoisotopic (exact) mass is 447 g/mol. The van der Waals surface area contributed by atoms with E-state index in [2.05, 4.69) is 28.9 Å². The van der Waals surface area contributed by atoms with Gasteiger partial charge in [-0.05, 0) is 49.0 Å². The van der Waals surface area contributed by atoms with Crippen LogP contribution in [0.3, 0.4) is 0 Å². The molecular formula is C23H21N5OS2. The molecule has 0 radical (unpaired) electrons. The topological polar surface area (TPSA) is 71.7 Å². The van der Waals surface area contributed by atoms with Crippen LogP contribution in [0, 0.1) is 11.3 Å². The number of nitrogens with one attached hydrogen (secondary N) is 1. The van der Waals surface area contributed by atoms with Crippen LogP contribution in [0.4, 0.5) is 17.1 Å². The van der Waals surface area contributed by atoms with E-state index in [1.54, 1.807) is 34.9 Å². The lowest BCUT2D eigenvalue weighted by atomic mass is 10.2. The molecule has 0 spiro atoms. The SMILES string of the molecule is C=CCN1C(=O)/C(=C2/Sc3ccccc3N2C)S/C1=N/c1cc(C#N)ccc1NCC. The molecule has 1 N–H and O–H groups in total. The number of nitrogens with zero attached hydrogens (tertiary/aromatic N) is 4. The van der Waals surface area contributed by atoms with Gasteiger partial charge in [-0.25, -0.2) is 4.99 Å². The fraction of sp³-hybridized carbons (Fsp3) is 0.174. The van der Waals surface area contributed by atoms with E-state index in [0.717, 1.165) is 27.8 Å². The predicted octanol–water partition coefficient (Wildman–Crippen LogP) is 5.15. The van der Waals surface area contributed by atoms with Crippen molar-refractivity contribution in [2.75, 3.05) is 30.4 Å². The number of carbonyl (C=O) groups is 1. The third kappa shape index (κ3) is 3.94. The number of amidine groups is 1. The number of fused-ring (bicyclic) bond motifs is 1. The number of carbonyl (C=O) groups excluding carboxylic acids is 1. The van der Waals surface area contributed by atoms with E-state index in [1.165, 1.54) is 11.8 Å². The normalized spacial score (nSPS) is 19.0. The van der Waals surface area contributed by atoms with Crippen LogP contribution in [0.25, 0.3) is 0 Å². The summed E-state index contributed by atoms with van der Waals surface area (Å²) in [5, 5.41) is 14.0. The minimum absolute atomic E-state index is 0.0905. The molecule has 0 bridgehead atoms. The minimum atomic E-state index is -0.0905. The maximum atomic E-state index is 13.3. The number of aliphatic imine (C=N–C) groups is 1. The standard InChI is InChI=1S/C23H21N5OS2/c1-4-12-28-21(29)20(22-27(3)18-8-6-7-9-19(18)30-22)31-23(28)26-17-13-15(14-24)10-11-16(17)25-5-2/h4,6-11,13,25H,1,5,12H2,2-3H3/b22-20-,26-23+. The largest absolute Gasteiger partial charge is 0.384 e. The summed E-state index contributed by atoms with van der Waals surface area (Å²) in [5.74, 6) is -0.0905. The number of nitriles is 1. The zero-order valence-corrected chi connectivity index (χ0v) is 18.9.